The van der Waals surface area contributed by atoms with Gasteiger partial charge in [0, 0.05) is 19.1 Å². The Labute approximate surface area is 98.4 Å². The van der Waals surface area contributed by atoms with Gasteiger partial charge in [-0.1, -0.05) is 11.6 Å². The summed E-state index contributed by atoms with van der Waals surface area (Å²) < 4.78 is 0. The van der Waals surface area contributed by atoms with Gasteiger partial charge in [0.1, 0.15) is 11.0 Å². The largest absolute Gasteiger partial charge is 0.366 e. The van der Waals surface area contributed by atoms with Gasteiger partial charge in [0.25, 0.3) is 5.91 Å². The van der Waals surface area contributed by atoms with Gasteiger partial charge in [-0.25, -0.2) is 4.98 Å². The van der Waals surface area contributed by atoms with Crippen LogP contribution >= 0.6 is 11.6 Å². The van der Waals surface area contributed by atoms with Crippen LogP contribution in [-0.2, 0) is 0 Å². The number of rotatable bonds is 2. The molecule has 0 spiro atoms. The van der Waals surface area contributed by atoms with Crippen LogP contribution in [0.4, 0.5) is 5.82 Å². The number of carbonyl (C=O) groups excluding carboxylic acids is 1. The van der Waals surface area contributed by atoms with Crippen LogP contribution < -0.4 is 16.4 Å². The zero-order chi connectivity index (χ0) is 11.7. The minimum absolute atomic E-state index is 0.144. The van der Waals surface area contributed by atoms with Crippen LogP contribution in [0.2, 0.25) is 5.15 Å². The first kappa shape index (κ1) is 11.2. The van der Waals surface area contributed by atoms with Crippen molar-refractivity contribution in [1.29, 1.82) is 0 Å². The minimum Gasteiger partial charge on any atom is -0.366 e. The van der Waals surface area contributed by atoms with Gasteiger partial charge in [-0.05, 0) is 18.6 Å². The molecule has 1 amide bonds. The molecule has 0 saturated carbocycles. The molecule has 86 valence electrons. The van der Waals surface area contributed by atoms with E-state index in [-0.39, 0.29) is 16.8 Å². The average Bonchev–Trinajstić information content (AvgIpc) is 2.64. The van der Waals surface area contributed by atoms with Gasteiger partial charge in [-0.3, -0.25) is 4.79 Å². The molecule has 1 atom stereocenters. The molecule has 1 fully saturated rings. The molecule has 5 nitrogen and oxygen atoms in total. The van der Waals surface area contributed by atoms with E-state index in [1.807, 2.05) is 4.90 Å². The molecule has 1 aromatic rings. The fraction of sp³-hybridized carbons (Fsp3) is 0.400. The van der Waals surface area contributed by atoms with Crippen molar-refractivity contribution in [3.8, 4) is 0 Å². The average molecular weight is 241 g/mol. The zero-order valence-corrected chi connectivity index (χ0v) is 9.44. The Balaban J connectivity index is 2.24. The lowest BCUT2D eigenvalue weighted by Crippen LogP contribution is -2.27. The molecule has 1 saturated heterocycles. The van der Waals surface area contributed by atoms with Crippen molar-refractivity contribution in [3.63, 3.8) is 0 Å². The highest BCUT2D eigenvalue weighted by atomic mass is 35.5. The van der Waals surface area contributed by atoms with E-state index in [1.165, 1.54) is 0 Å². The van der Waals surface area contributed by atoms with Crippen LogP contribution in [0.15, 0.2) is 12.1 Å². The third-order valence-electron chi connectivity index (χ3n) is 2.65. The number of aromatic nitrogens is 1. The maximum Gasteiger partial charge on any atom is 0.251 e. The number of nitrogens with two attached hydrogens (primary N) is 2. The summed E-state index contributed by atoms with van der Waals surface area (Å²) in [6, 6.07) is 3.51. The van der Waals surface area contributed by atoms with Crippen molar-refractivity contribution < 1.29 is 4.79 Å². The van der Waals surface area contributed by atoms with Gasteiger partial charge in [-0.2, -0.15) is 0 Å². The standard InChI is InChI=1S/C10H13ClN4O/c11-9-7(10(13)16)1-2-8(14-9)15-4-3-6(12)5-15/h1-2,6H,3-5,12H2,(H2,13,16). The van der Waals surface area contributed by atoms with Crippen LogP contribution in [0.25, 0.3) is 0 Å². The Hall–Kier alpha value is -1.33. The molecule has 1 aliphatic rings. The number of primary amides is 1. The van der Waals surface area contributed by atoms with Crippen molar-refractivity contribution in [1.82, 2.24) is 4.98 Å². The minimum atomic E-state index is -0.567. The van der Waals surface area contributed by atoms with Crippen LogP contribution in [0.3, 0.4) is 0 Å². The van der Waals surface area contributed by atoms with Crippen LogP contribution in [-0.4, -0.2) is 30.0 Å². The van der Waals surface area contributed by atoms with E-state index in [1.54, 1.807) is 12.1 Å². The van der Waals surface area contributed by atoms with E-state index >= 15 is 0 Å². The van der Waals surface area contributed by atoms with Gasteiger partial charge in [0.05, 0.1) is 5.56 Å². The van der Waals surface area contributed by atoms with Crippen molar-refractivity contribution in [2.75, 3.05) is 18.0 Å². The number of amides is 1. The van der Waals surface area contributed by atoms with Crippen molar-refractivity contribution in [3.05, 3.63) is 22.8 Å². The van der Waals surface area contributed by atoms with Crippen molar-refractivity contribution in [2.24, 2.45) is 11.5 Å². The summed E-state index contributed by atoms with van der Waals surface area (Å²) in [6.45, 7) is 1.62. The summed E-state index contributed by atoms with van der Waals surface area (Å²) in [5, 5.41) is 0.144. The summed E-state index contributed by atoms with van der Waals surface area (Å²) >= 11 is 5.87. The Morgan fingerprint density at radius 2 is 2.31 bits per heavy atom. The lowest BCUT2D eigenvalue weighted by molar-refractivity contribution is 0.1000. The topological polar surface area (TPSA) is 85.2 Å². The quantitative estimate of drug-likeness (QED) is 0.732. The second-order valence-electron chi connectivity index (χ2n) is 3.87. The molecular formula is C10H13ClN4O. The highest BCUT2D eigenvalue weighted by Gasteiger charge is 2.21. The highest BCUT2D eigenvalue weighted by molar-refractivity contribution is 6.32. The van der Waals surface area contributed by atoms with Crippen LogP contribution in [0.1, 0.15) is 16.8 Å². The van der Waals surface area contributed by atoms with Gasteiger partial charge in [0.15, 0.2) is 0 Å². The van der Waals surface area contributed by atoms with Gasteiger partial charge in [0.2, 0.25) is 0 Å². The van der Waals surface area contributed by atoms with Gasteiger partial charge >= 0.3 is 0 Å². The maximum absolute atomic E-state index is 11.0. The summed E-state index contributed by atoms with van der Waals surface area (Å²) in [4.78, 5) is 17.2. The fourth-order valence-corrected chi connectivity index (χ4v) is 2.02. The van der Waals surface area contributed by atoms with Crippen LogP contribution in [0, 0.1) is 0 Å². The Morgan fingerprint density at radius 3 is 2.81 bits per heavy atom. The van der Waals surface area contributed by atoms with E-state index in [0.717, 1.165) is 25.3 Å². The number of anilines is 1. The van der Waals surface area contributed by atoms with E-state index in [9.17, 15) is 4.79 Å². The smallest absolute Gasteiger partial charge is 0.251 e. The molecule has 0 aromatic carbocycles. The molecule has 16 heavy (non-hydrogen) atoms. The second-order valence-corrected chi connectivity index (χ2v) is 4.22. The van der Waals surface area contributed by atoms with E-state index < -0.39 is 5.91 Å². The molecule has 2 rings (SSSR count). The van der Waals surface area contributed by atoms with Crippen LogP contribution in [0.5, 0.6) is 0 Å². The van der Waals surface area contributed by atoms with E-state index in [0.29, 0.717) is 0 Å². The summed E-state index contributed by atoms with van der Waals surface area (Å²) in [6.07, 6.45) is 0.941. The molecule has 4 N–H and O–H groups in total. The van der Waals surface area contributed by atoms with E-state index in [2.05, 4.69) is 4.98 Å². The molecule has 1 aromatic heterocycles. The third kappa shape index (κ3) is 2.10. The molecular weight excluding hydrogens is 228 g/mol. The number of carbonyl (C=O) groups is 1. The molecule has 0 radical (unpaired) electrons. The summed E-state index contributed by atoms with van der Waals surface area (Å²) in [7, 11) is 0. The zero-order valence-electron chi connectivity index (χ0n) is 8.69. The molecule has 2 heterocycles. The van der Waals surface area contributed by atoms with Crippen molar-refractivity contribution >= 4 is 23.3 Å². The Morgan fingerprint density at radius 1 is 1.56 bits per heavy atom. The molecule has 1 unspecified atom stereocenters. The third-order valence-corrected chi connectivity index (χ3v) is 2.94. The lowest BCUT2D eigenvalue weighted by Gasteiger charge is -2.17. The second kappa shape index (κ2) is 4.27. The maximum atomic E-state index is 11.0. The number of pyridine rings is 1. The highest BCUT2D eigenvalue weighted by Crippen LogP contribution is 2.21. The first-order valence-electron chi connectivity index (χ1n) is 5.05. The van der Waals surface area contributed by atoms with Crippen molar-refractivity contribution in [2.45, 2.75) is 12.5 Å². The number of hydrogen-bond acceptors (Lipinski definition) is 4. The van der Waals surface area contributed by atoms with Gasteiger partial charge < -0.3 is 16.4 Å². The number of halogens is 1. The first-order valence-corrected chi connectivity index (χ1v) is 5.42. The normalized spacial score (nSPS) is 20.1. The summed E-state index contributed by atoms with van der Waals surface area (Å²) in [5.41, 5.74) is 11.2. The SMILES string of the molecule is NC(=O)c1ccc(N2CCC(N)C2)nc1Cl. The fourth-order valence-electron chi connectivity index (χ4n) is 1.78. The molecule has 0 aliphatic carbocycles. The molecule has 6 heteroatoms. The molecule has 0 bridgehead atoms. The monoisotopic (exact) mass is 240 g/mol. The first-order chi connectivity index (χ1) is 7.58. The number of nitrogens with zero attached hydrogens (tertiary/aromatic N) is 2. The Kier molecular flexibility index (Phi) is 2.98. The molecule has 1 aliphatic heterocycles. The lowest BCUT2D eigenvalue weighted by atomic mass is 10.2. The number of hydrogen-bond donors (Lipinski definition) is 2. The summed E-state index contributed by atoms with van der Waals surface area (Å²) in [5.74, 6) is 0.171. The van der Waals surface area contributed by atoms with Gasteiger partial charge in [-0.15, -0.1) is 0 Å². The predicted octanol–water partition coefficient (Wildman–Crippen LogP) is 0.371. The Bertz CT molecular complexity index is 423. The predicted molar refractivity (Wildman–Crippen MR) is 62.6 cm³/mol. The van der Waals surface area contributed by atoms with E-state index in [4.69, 9.17) is 23.1 Å².